The highest BCUT2D eigenvalue weighted by molar-refractivity contribution is 5.67. The van der Waals surface area contributed by atoms with Crippen molar-refractivity contribution in [1.82, 2.24) is 16.0 Å². The Morgan fingerprint density at radius 1 is 1.26 bits per heavy atom. The number of alkyl carbamates (subject to hydrolysis) is 1. The lowest BCUT2D eigenvalue weighted by Gasteiger charge is -2.36. The third-order valence-corrected chi connectivity index (χ3v) is 4.07. The predicted octanol–water partition coefficient (Wildman–Crippen LogP) is 3.05. The van der Waals surface area contributed by atoms with Crippen LogP contribution in [0.3, 0.4) is 0 Å². The maximum absolute atomic E-state index is 11.9. The van der Waals surface area contributed by atoms with Crippen molar-refractivity contribution in [1.29, 1.82) is 0 Å². The lowest BCUT2D eigenvalue weighted by molar-refractivity contribution is 0.0507. The molecule has 3 N–H and O–H groups in total. The Kier molecular flexibility index (Phi) is 7.81. The lowest BCUT2D eigenvalue weighted by atomic mass is 9.90. The normalized spacial score (nSPS) is 21.8. The van der Waals surface area contributed by atoms with Gasteiger partial charge in [0.25, 0.3) is 0 Å². The van der Waals surface area contributed by atoms with E-state index in [-0.39, 0.29) is 11.6 Å². The van der Waals surface area contributed by atoms with Crippen molar-refractivity contribution in [3.8, 4) is 0 Å². The molecular formula is C18H37N3O2. The Morgan fingerprint density at radius 2 is 1.96 bits per heavy atom. The minimum atomic E-state index is -0.460. The summed E-state index contributed by atoms with van der Waals surface area (Å²) in [5, 5.41) is 10.2. The fourth-order valence-electron chi connectivity index (χ4n) is 3.16. The van der Waals surface area contributed by atoms with Crippen molar-refractivity contribution in [2.45, 2.75) is 84.4 Å². The molecule has 23 heavy (non-hydrogen) atoms. The highest BCUT2D eigenvalue weighted by Gasteiger charge is 2.28. The molecule has 2 atom stereocenters. The first kappa shape index (κ1) is 20.2. The van der Waals surface area contributed by atoms with Crippen LogP contribution in [-0.2, 0) is 4.74 Å². The maximum atomic E-state index is 11.9. The molecule has 1 heterocycles. The average Bonchev–Trinajstić information content (AvgIpc) is 2.42. The molecule has 0 aromatic carbocycles. The average molecular weight is 328 g/mol. The number of hydrogen-bond acceptors (Lipinski definition) is 4. The van der Waals surface area contributed by atoms with Gasteiger partial charge in [0.2, 0.25) is 0 Å². The highest BCUT2D eigenvalue weighted by Crippen LogP contribution is 2.17. The van der Waals surface area contributed by atoms with Crippen LogP contribution in [0.1, 0.15) is 67.2 Å². The van der Waals surface area contributed by atoms with Crippen LogP contribution in [0.2, 0.25) is 0 Å². The van der Waals surface area contributed by atoms with E-state index in [0.717, 1.165) is 19.5 Å². The minimum Gasteiger partial charge on any atom is -0.444 e. The molecule has 0 aliphatic carbocycles. The van der Waals surface area contributed by atoms with E-state index in [9.17, 15) is 4.79 Å². The van der Waals surface area contributed by atoms with Crippen LogP contribution in [0.15, 0.2) is 0 Å². The van der Waals surface area contributed by atoms with Crippen molar-refractivity contribution in [2.75, 3.05) is 19.6 Å². The number of carbonyl (C=O) groups is 1. The molecule has 0 aromatic rings. The number of hydrogen-bond donors (Lipinski definition) is 3. The van der Waals surface area contributed by atoms with Crippen molar-refractivity contribution < 1.29 is 9.53 Å². The molecule has 136 valence electrons. The SMILES string of the molecule is CC(C)CC(C)(CNC(=O)OC(C)(C)C)NCC1CCCCN1. The lowest BCUT2D eigenvalue weighted by Crippen LogP contribution is -2.56. The number of ether oxygens (including phenoxy) is 1. The fourth-order valence-corrected chi connectivity index (χ4v) is 3.16. The summed E-state index contributed by atoms with van der Waals surface area (Å²) in [4.78, 5) is 11.9. The van der Waals surface area contributed by atoms with E-state index in [1.54, 1.807) is 0 Å². The molecule has 5 nitrogen and oxygen atoms in total. The van der Waals surface area contributed by atoms with E-state index in [4.69, 9.17) is 4.74 Å². The summed E-state index contributed by atoms with van der Waals surface area (Å²) >= 11 is 0. The Bertz CT molecular complexity index is 360. The number of amides is 1. The summed E-state index contributed by atoms with van der Waals surface area (Å²) in [6.07, 6.45) is 4.47. The summed E-state index contributed by atoms with van der Waals surface area (Å²) < 4.78 is 5.34. The summed E-state index contributed by atoms with van der Waals surface area (Å²) in [5.41, 5.74) is -0.581. The molecule has 2 unspecified atom stereocenters. The quantitative estimate of drug-likeness (QED) is 0.672. The molecular weight excluding hydrogens is 290 g/mol. The van der Waals surface area contributed by atoms with Gasteiger partial charge in [0.05, 0.1) is 0 Å². The second-order valence-electron chi connectivity index (χ2n) is 8.54. The molecule has 1 fully saturated rings. The van der Waals surface area contributed by atoms with Gasteiger partial charge in [0.15, 0.2) is 0 Å². The van der Waals surface area contributed by atoms with Gasteiger partial charge in [0.1, 0.15) is 5.60 Å². The van der Waals surface area contributed by atoms with Gasteiger partial charge in [-0.3, -0.25) is 0 Å². The van der Waals surface area contributed by atoms with E-state index < -0.39 is 5.60 Å². The van der Waals surface area contributed by atoms with Crippen LogP contribution in [-0.4, -0.2) is 42.9 Å². The third kappa shape index (κ3) is 9.16. The first-order valence-electron chi connectivity index (χ1n) is 9.05. The molecule has 1 amide bonds. The molecule has 1 saturated heterocycles. The van der Waals surface area contributed by atoms with Gasteiger partial charge < -0.3 is 20.7 Å². The Balaban J connectivity index is 2.49. The predicted molar refractivity (Wildman–Crippen MR) is 95.7 cm³/mol. The molecule has 0 bridgehead atoms. The second-order valence-corrected chi connectivity index (χ2v) is 8.54. The zero-order valence-corrected chi connectivity index (χ0v) is 15.9. The van der Waals surface area contributed by atoms with Crippen LogP contribution in [0, 0.1) is 5.92 Å². The van der Waals surface area contributed by atoms with Crippen molar-refractivity contribution >= 4 is 6.09 Å². The summed E-state index contributed by atoms with van der Waals surface area (Å²) in [6.45, 7) is 14.9. The monoisotopic (exact) mass is 327 g/mol. The van der Waals surface area contributed by atoms with Gasteiger partial charge in [0, 0.05) is 24.7 Å². The van der Waals surface area contributed by atoms with Gasteiger partial charge in [-0.05, 0) is 59.4 Å². The first-order chi connectivity index (χ1) is 10.6. The number of rotatable bonds is 7. The molecule has 5 heteroatoms. The smallest absolute Gasteiger partial charge is 0.407 e. The van der Waals surface area contributed by atoms with E-state index in [1.165, 1.54) is 19.3 Å². The summed E-state index contributed by atoms with van der Waals surface area (Å²) in [6, 6.07) is 0.539. The van der Waals surface area contributed by atoms with Crippen LogP contribution in [0.4, 0.5) is 4.79 Å². The largest absolute Gasteiger partial charge is 0.444 e. The fraction of sp³-hybridized carbons (Fsp3) is 0.944. The van der Waals surface area contributed by atoms with Crippen molar-refractivity contribution in [2.24, 2.45) is 5.92 Å². The van der Waals surface area contributed by atoms with Crippen LogP contribution in [0.25, 0.3) is 0 Å². The molecule has 0 radical (unpaired) electrons. The van der Waals surface area contributed by atoms with Gasteiger partial charge in [-0.2, -0.15) is 0 Å². The van der Waals surface area contributed by atoms with Crippen LogP contribution < -0.4 is 16.0 Å². The van der Waals surface area contributed by atoms with E-state index >= 15 is 0 Å². The topological polar surface area (TPSA) is 62.4 Å². The van der Waals surface area contributed by atoms with Crippen molar-refractivity contribution in [3.63, 3.8) is 0 Å². The number of nitrogens with one attached hydrogen (secondary N) is 3. The van der Waals surface area contributed by atoms with E-state index in [2.05, 4.69) is 36.7 Å². The molecule has 0 spiro atoms. The molecule has 1 aliphatic heterocycles. The van der Waals surface area contributed by atoms with Crippen LogP contribution in [0.5, 0.6) is 0 Å². The molecule has 0 aromatic heterocycles. The third-order valence-electron chi connectivity index (χ3n) is 4.07. The zero-order chi connectivity index (χ0) is 17.5. The van der Waals surface area contributed by atoms with Gasteiger partial charge in [-0.15, -0.1) is 0 Å². The summed E-state index contributed by atoms with van der Waals surface area (Å²) in [5.74, 6) is 0.562. The van der Waals surface area contributed by atoms with E-state index in [0.29, 0.717) is 18.5 Å². The Labute approximate surface area is 142 Å². The van der Waals surface area contributed by atoms with Gasteiger partial charge in [-0.25, -0.2) is 4.79 Å². The highest BCUT2D eigenvalue weighted by atomic mass is 16.6. The van der Waals surface area contributed by atoms with E-state index in [1.807, 2.05) is 20.8 Å². The number of carbonyl (C=O) groups excluding carboxylic acids is 1. The minimum absolute atomic E-state index is 0.121. The maximum Gasteiger partial charge on any atom is 0.407 e. The second kappa shape index (κ2) is 8.88. The Morgan fingerprint density at radius 3 is 2.48 bits per heavy atom. The molecule has 0 saturated carbocycles. The molecule has 1 aliphatic rings. The Hall–Kier alpha value is -0.810. The first-order valence-corrected chi connectivity index (χ1v) is 9.05. The molecule has 1 rings (SSSR count). The van der Waals surface area contributed by atoms with Crippen molar-refractivity contribution in [3.05, 3.63) is 0 Å². The zero-order valence-electron chi connectivity index (χ0n) is 15.9. The summed E-state index contributed by atoms with van der Waals surface area (Å²) in [7, 11) is 0. The van der Waals surface area contributed by atoms with Gasteiger partial charge in [-0.1, -0.05) is 20.3 Å². The van der Waals surface area contributed by atoms with Gasteiger partial charge >= 0.3 is 6.09 Å². The standard InChI is InChI=1S/C18H37N3O2/c1-14(2)11-18(6,13-20-16(22)23-17(3,4)5)21-12-15-9-7-8-10-19-15/h14-15,19,21H,7-13H2,1-6H3,(H,20,22). The number of piperidine rings is 1. The van der Waals surface area contributed by atoms with Crippen LogP contribution >= 0.6 is 0 Å².